The molecule has 0 fully saturated rings. The Morgan fingerprint density at radius 1 is 1.13 bits per heavy atom. The number of anilines is 1. The van der Waals surface area contributed by atoms with E-state index in [4.69, 9.17) is 0 Å². The van der Waals surface area contributed by atoms with Crippen LogP contribution >= 0.6 is 0 Å². The molecule has 0 aliphatic carbocycles. The molecule has 0 bridgehead atoms. The lowest BCUT2D eigenvalue weighted by molar-refractivity contribution is -0.130. The minimum Gasteiger partial charge on any atom is -0.362 e. The first-order chi connectivity index (χ1) is 11.2. The number of likely N-dealkylation sites (N-methyl/N-ethyl adjacent to an activating group) is 1. The zero-order valence-electron chi connectivity index (χ0n) is 14.0. The second-order valence-electron chi connectivity index (χ2n) is 6.19. The van der Waals surface area contributed by atoms with Gasteiger partial charge in [0.1, 0.15) is 0 Å². The Labute approximate surface area is 138 Å². The van der Waals surface area contributed by atoms with E-state index in [1.165, 1.54) is 16.7 Å². The quantitative estimate of drug-likeness (QED) is 0.864. The molecule has 1 aliphatic rings. The number of benzene rings is 2. The van der Waals surface area contributed by atoms with Crippen LogP contribution < -0.4 is 4.90 Å². The third-order valence-corrected chi connectivity index (χ3v) is 4.56. The lowest BCUT2D eigenvalue weighted by atomic mass is 10.00. The number of amides is 1. The molecule has 0 unspecified atom stereocenters. The van der Waals surface area contributed by atoms with E-state index in [0.717, 1.165) is 31.7 Å². The SMILES string of the molecule is CCN(CC(=O)N1CCc2ccccc2C1)c1cccc(C)c1. The van der Waals surface area contributed by atoms with Crippen LogP contribution in [0.1, 0.15) is 23.6 Å². The van der Waals surface area contributed by atoms with Gasteiger partial charge in [-0.1, -0.05) is 36.4 Å². The van der Waals surface area contributed by atoms with Crippen molar-refractivity contribution in [3.63, 3.8) is 0 Å². The first-order valence-corrected chi connectivity index (χ1v) is 8.33. The van der Waals surface area contributed by atoms with Crippen molar-refractivity contribution < 1.29 is 4.79 Å². The van der Waals surface area contributed by atoms with Crippen molar-refractivity contribution in [2.75, 3.05) is 24.5 Å². The molecule has 23 heavy (non-hydrogen) atoms. The Kier molecular flexibility index (Phi) is 4.65. The average molecular weight is 308 g/mol. The van der Waals surface area contributed by atoms with Gasteiger partial charge < -0.3 is 9.80 Å². The third kappa shape index (κ3) is 3.55. The van der Waals surface area contributed by atoms with E-state index in [1.807, 2.05) is 4.90 Å². The molecule has 0 spiro atoms. The zero-order valence-corrected chi connectivity index (χ0v) is 14.0. The number of nitrogens with zero attached hydrogens (tertiary/aromatic N) is 2. The highest BCUT2D eigenvalue weighted by Crippen LogP contribution is 2.20. The van der Waals surface area contributed by atoms with Crippen LogP contribution in [0.15, 0.2) is 48.5 Å². The van der Waals surface area contributed by atoms with Crippen LogP contribution in [0, 0.1) is 6.92 Å². The summed E-state index contributed by atoms with van der Waals surface area (Å²) in [6.45, 7) is 7.02. The lowest BCUT2D eigenvalue weighted by Gasteiger charge is -2.31. The van der Waals surface area contributed by atoms with Crippen molar-refractivity contribution in [1.29, 1.82) is 0 Å². The maximum atomic E-state index is 12.7. The lowest BCUT2D eigenvalue weighted by Crippen LogP contribution is -2.42. The highest BCUT2D eigenvalue weighted by atomic mass is 16.2. The van der Waals surface area contributed by atoms with Crippen LogP contribution in [0.3, 0.4) is 0 Å². The molecule has 3 rings (SSSR count). The third-order valence-electron chi connectivity index (χ3n) is 4.56. The van der Waals surface area contributed by atoms with Gasteiger partial charge >= 0.3 is 0 Å². The highest BCUT2D eigenvalue weighted by Gasteiger charge is 2.21. The summed E-state index contributed by atoms with van der Waals surface area (Å²) in [6.07, 6.45) is 0.957. The molecule has 120 valence electrons. The van der Waals surface area contributed by atoms with Gasteiger partial charge in [-0.3, -0.25) is 4.79 Å². The second-order valence-corrected chi connectivity index (χ2v) is 6.19. The summed E-state index contributed by atoms with van der Waals surface area (Å²) in [7, 11) is 0. The predicted octanol–water partition coefficient (Wildman–Crippen LogP) is 3.41. The number of hydrogen-bond donors (Lipinski definition) is 0. The maximum Gasteiger partial charge on any atom is 0.242 e. The van der Waals surface area contributed by atoms with Gasteiger partial charge in [0.2, 0.25) is 5.91 Å². The molecule has 0 atom stereocenters. The molecule has 0 N–H and O–H groups in total. The van der Waals surface area contributed by atoms with Crippen molar-refractivity contribution in [1.82, 2.24) is 4.90 Å². The summed E-state index contributed by atoms with van der Waals surface area (Å²) in [5, 5.41) is 0. The van der Waals surface area contributed by atoms with Gasteiger partial charge in [-0.2, -0.15) is 0 Å². The minimum absolute atomic E-state index is 0.211. The zero-order chi connectivity index (χ0) is 16.2. The van der Waals surface area contributed by atoms with Gasteiger partial charge in [-0.15, -0.1) is 0 Å². The fraction of sp³-hybridized carbons (Fsp3) is 0.350. The van der Waals surface area contributed by atoms with Crippen molar-refractivity contribution in [3.05, 3.63) is 65.2 Å². The molecule has 1 amide bonds. The molecule has 0 saturated heterocycles. The van der Waals surface area contributed by atoms with Gasteiger partial charge in [-0.05, 0) is 49.1 Å². The van der Waals surface area contributed by atoms with Crippen molar-refractivity contribution in [3.8, 4) is 0 Å². The molecule has 1 heterocycles. The largest absolute Gasteiger partial charge is 0.362 e. The number of hydrogen-bond acceptors (Lipinski definition) is 2. The van der Waals surface area contributed by atoms with E-state index >= 15 is 0 Å². The maximum absolute atomic E-state index is 12.7. The van der Waals surface area contributed by atoms with Gasteiger partial charge in [0, 0.05) is 25.3 Å². The standard InChI is InChI=1S/C20H24N2O/c1-3-21(19-10-6-7-16(2)13-19)15-20(23)22-12-11-17-8-4-5-9-18(17)14-22/h4-10,13H,3,11-12,14-15H2,1-2H3. The van der Waals surface area contributed by atoms with Crippen LogP contribution in [0.2, 0.25) is 0 Å². The van der Waals surface area contributed by atoms with Crippen LogP contribution in [0.5, 0.6) is 0 Å². The van der Waals surface area contributed by atoms with Crippen molar-refractivity contribution >= 4 is 11.6 Å². The Hall–Kier alpha value is -2.29. The number of carbonyl (C=O) groups is 1. The Morgan fingerprint density at radius 2 is 1.91 bits per heavy atom. The van der Waals surface area contributed by atoms with Crippen molar-refractivity contribution in [2.24, 2.45) is 0 Å². The van der Waals surface area contributed by atoms with E-state index in [-0.39, 0.29) is 5.91 Å². The van der Waals surface area contributed by atoms with Crippen LogP contribution in [0.25, 0.3) is 0 Å². The summed E-state index contributed by atoms with van der Waals surface area (Å²) in [6, 6.07) is 16.8. The van der Waals surface area contributed by atoms with Crippen LogP contribution in [-0.4, -0.2) is 30.4 Å². The van der Waals surface area contributed by atoms with E-state index in [1.54, 1.807) is 0 Å². The van der Waals surface area contributed by atoms with Crippen molar-refractivity contribution in [2.45, 2.75) is 26.8 Å². The predicted molar refractivity (Wildman–Crippen MR) is 94.6 cm³/mol. The Balaban J connectivity index is 1.69. The fourth-order valence-corrected chi connectivity index (χ4v) is 3.18. The summed E-state index contributed by atoms with van der Waals surface area (Å²) in [5.74, 6) is 0.211. The topological polar surface area (TPSA) is 23.6 Å². The first kappa shape index (κ1) is 15.6. The number of aryl methyl sites for hydroxylation is 1. The van der Waals surface area contributed by atoms with Gasteiger partial charge in [0.05, 0.1) is 6.54 Å². The van der Waals surface area contributed by atoms with E-state index in [2.05, 4.69) is 67.3 Å². The monoisotopic (exact) mass is 308 g/mol. The summed E-state index contributed by atoms with van der Waals surface area (Å²) < 4.78 is 0. The van der Waals surface area contributed by atoms with Gasteiger partial charge in [-0.25, -0.2) is 0 Å². The van der Waals surface area contributed by atoms with Crippen LogP contribution in [0.4, 0.5) is 5.69 Å². The average Bonchev–Trinajstić information content (AvgIpc) is 2.59. The van der Waals surface area contributed by atoms with Gasteiger partial charge in [0.15, 0.2) is 0 Å². The molecule has 2 aromatic carbocycles. The van der Waals surface area contributed by atoms with Crippen LogP contribution in [-0.2, 0) is 17.8 Å². The molecule has 2 aromatic rings. The smallest absolute Gasteiger partial charge is 0.242 e. The molecular formula is C20H24N2O. The van der Waals surface area contributed by atoms with E-state index < -0.39 is 0 Å². The normalized spacial score (nSPS) is 13.6. The molecular weight excluding hydrogens is 284 g/mol. The number of rotatable bonds is 4. The highest BCUT2D eigenvalue weighted by molar-refractivity contribution is 5.81. The molecule has 3 nitrogen and oxygen atoms in total. The molecule has 0 saturated carbocycles. The Morgan fingerprint density at radius 3 is 2.65 bits per heavy atom. The molecule has 0 radical (unpaired) electrons. The molecule has 3 heteroatoms. The second kappa shape index (κ2) is 6.86. The Bertz CT molecular complexity index is 696. The molecule has 0 aromatic heterocycles. The summed E-state index contributed by atoms with van der Waals surface area (Å²) in [4.78, 5) is 16.9. The number of fused-ring (bicyclic) bond motifs is 1. The van der Waals surface area contributed by atoms with E-state index in [9.17, 15) is 4.79 Å². The molecule has 1 aliphatic heterocycles. The van der Waals surface area contributed by atoms with Gasteiger partial charge in [0.25, 0.3) is 0 Å². The van der Waals surface area contributed by atoms with E-state index in [0.29, 0.717) is 6.54 Å². The summed E-state index contributed by atoms with van der Waals surface area (Å²) >= 11 is 0. The number of carbonyl (C=O) groups excluding carboxylic acids is 1. The fourth-order valence-electron chi connectivity index (χ4n) is 3.18. The first-order valence-electron chi connectivity index (χ1n) is 8.33. The summed E-state index contributed by atoms with van der Waals surface area (Å²) in [5.41, 5.74) is 5.01. The minimum atomic E-state index is 0.211.